The van der Waals surface area contributed by atoms with Gasteiger partial charge in [-0.15, -0.1) is 0 Å². The minimum atomic E-state index is 0.647. The van der Waals surface area contributed by atoms with E-state index in [4.69, 9.17) is 11.8 Å². The van der Waals surface area contributed by atoms with E-state index in [1.807, 2.05) is 0 Å². The summed E-state index contributed by atoms with van der Waals surface area (Å²) >= 11 is 5.13. The predicted octanol–water partition coefficient (Wildman–Crippen LogP) is 4.50. The van der Waals surface area contributed by atoms with Crippen molar-refractivity contribution in [3.8, 4) is 0 Å². The van der Waals surface area contributed by atoms with Gasteiger partial charge in [-0.2, -0.15) is 0 Å². The van der Waals surface area contributed by atoms with Gasteiger partial charge in [-0.1, -0.05) is 72.5 Å². The molecule has 2 aromatic rings. The van der Waals surface area contributed by atoms with Crippen LogP contribution in [0.1, 0.15) is 11.1 Å². The number of rotatable bonds is 6. The van der Waals surface area contributed by atoms with Crippen LogP contribution in [-0.4, -0.2) is 6.16 Å². The summed E-state index contributed by atoms with van der Waals surface area (Å²) in [6.07, 6.45) is 3.35. The maximum atomic E-state index is 5.13. The highest BCUT2D eigenvalue weighted by molar-refractivity contribution is 7.96. The van der Waals surface area contributed by atoms with Crippen LogP contribution in [0.25, 0.3) is 0 Å². The molecular formula is C16H17PS. The molecule has 2 heteroatoms. The standard InChI is InChI=1S/C16H17PS/c18-17-13-16(11-14-7-3-1-4-8-14)12-15-9-5-2-6-10-15/h1-10,16H,11-13H2. The lowest BCUT2D eigenvalue weighted by Gasteiger charge is -2.14. The van der Waals surface area contributed by atoms with Crippen molar-refractivity contribution in [2.75, 3.05) is 6.16 Å². The van der Waals surface area contributed by atoms with Gasteiger partial charge in [-0.05, 0) is 37.2 Å². The second kappa shape index (κ2) is 7.41. The molecule has 0 amide bonds. The van der Waals surface area contributed by atoms with E-state index in [1.54, 1.807) is 0 Å². The molecule has 0 radical (unpaired) electrons. The van der Waals surface area contributed by atoms with Gasteiger partial charge in [0, 0.05) is 6.16 Å². The molecule has 0 aliphatic heterocycles. The molecule has 0 saturated heterocycles. The summed E-state index contributed by atoms with van der Waals surface area (Å²) in [7, 11) is 1.08. The van der Waals surface area contributed by atoms with Crippen LogP contribution in [0, 0.1) is 5.92 Å². The van der Waals surface area contributed by atoms with Crippen molar-refractivity contribution < 1.29 is 0 Å². The SMILES string of the molecule is S=PCC(Cc1ccccc1)Cc1ccccc1. The smallest absolute Gasteiger partial charge is 0.00332 e. The van der Waals surface area contributed by atoms with Gasteiger partial charge in [0.2, 0.25) is 0 Å². The van der Waals surface area contributed by atoms with E-state index in [0.717, 1.165) is 26.4 Å². The summed E-state index contributed by atoms with van der Waals surface area (Å²) in [5.74, 6) is 0.647. The van der Waals surface area contributed by atoms with E-state index in [2.05, 4.69) is 60.7 Å². The molecule has 92 valence electrons. The third-order valence-corrected chi connectivity index (χ3v) is 4.18. The predicted molar refractivity (Wildman–Crippen MR) is 82.9 cm³/mol. The fourth-order valence-electron chi connectivity index (χ4n) is 2.20. The summed E-state index contributed by atoms with van der Waals surface area (Å²) < 4.78 is 0. The zero-order chi connectivity index (χ0) is 12.6. The highest BCUT2D eigenvalue weighted by atomic mass is 32.4. The van der Waals surface area contributed by atoms with Crippen LogP contribution in [0.5, 0.6) is 0 Å². The lowest BCUT2D eigenvalue weighted by Crippen LogP contribution is -2.10. The van der Waals surface area contributed by atoms with Gasteiger partial charge >= 0.3 is 0 Å². The van der Waals surface area contributed by atoms with Gasteiger partial charge in [-0.25, -0.2) is 0 Å². The summed E-state index contributed by atoms with van der Waals surface area (Å²) in [6.45, 7) is 0. The van der Waals surface area contributed by atoms with Gasteiger partial charge in [0.25, 0.3) is 0 Å². The Labute approximate surface area is 116 Å². The second-order valence-corrected chi connectivity index (χ2v) is 5.96. The molecule has 0 aliphatic rings. The molecule has 2 aromatic carbocycles. The Morgan fingerprint density at radius 1 is 0.778 bits per heavy atom. The van der Waals surface area contributed by atoms with E-state index in [-0.39, 0.29) is 0 Å². The molecule has 0 heterocycles. The van der Waals surface area contributed by atoms with Gasteiger partial charge in [0.05, 0.1) is 0 Å². The molecule has 0 bridgehead atoms. The molecular weight excluding hydrogens is 255 g/mol. The van der Waals surface area contributed by atoms with Crippen LogP contribution in [0.3, 0.4) is 0 Å². The Kier molecular flexibility index (Phi) is 5.51. The zero-order valence-corrected chi connectivity index (χ0v) is 12.0. The van der Waals surface area contributed by atoms with Crippen LogP contribution < -0.4 is 0 Å². The number of benzene rings is 2. The molecule has 18 heavy (non-hydrogen) atoms. The summed E-state index contributed by atoms with van der Waals surface area (Å²) in [4.78, 5) is 0. The Morgan fingerprint density at radius 3 is 1.61 bits per heavy atom. The highest BCUT2D eigenvalue weighted by Crippen LogP contribution is 2.18. The Morgan fingerprint density at radius 2 is 1.22 bits per heavy atom. The van der Waals surface area contributed by atoms with Crippen molar-refractivity contribution in [2.45, 2.75) is 12.8 Å². The van der Waals surface area contributed by atoms with E-state index >= 15 is 0 Å². The Bertz CT molecular complexity index is 425. The maximum absolute atomic E-state index is 5.13. The first-order chi connectivity index (χ1) is 8.88. The van der Waals surface area contributed by atoms with Gasteiger partial charge in [-0.3, -0.25) is 0 Å². The molecule has 0 nitrogen and oxygen atoms in total. The zero-order valence-electron chi connectivity index (χ0n) is 10.3. The molecule has 0 spiro atoms. The van der Waals surface area contributed by atoms with Crippen molar-refractivity contribution in [3.05, 3.63) is 71.8 Å². The molecule has 0 unspecified atom stereocenters. The minimum absolute atomic E-state index is 0.647. The van der Waals surface area contributed by atoms with Crippen molar-refractivity contribution in [1.82, 2.24) is 0 Å². The van der Waals surface area contributed by atoms with Crippen molar-refractivity contribution in [1.29, 1.82) is 0 Å². The van der Waals surface area contributed by atoms with Crippen molar-refractivity contribution >= 4 is 19.2 Å². The van der Waals surface area contributed by atoms with E-state index < -0.39 is 0 Å². The number of hydrogen-bond donors (Lipinski definition) is 0. The maximum Gasteiger partial charge on any atom is 0.00332 e. The van der Waals surface area contributed by atoms with E-state index in [0.29, 0.717) is 5.92 Å². The molecule has 0 N–H and O–H groups in total. The molecule has 0 atom stereocenters. The monoisotopic (exact) mass is 272 g/mol. The first-order valence-electron chi connectivity index (χ1n) is 6.25. The second-order valence-electron chi connectivity index (χ2n) is 4.56. The van der Waals surface area contributed by atoms with E-state index in [1.165, 1.54) is 11.1 Å². The quantitative estimate of drug-likeness (QED) is 0.698. The molecule has 2 rings (SSSR count). The summed E-state index contributed by atoms with van der Waals surface area (Å²) in [6, 6.07) is 21.4. The third-order valence-electron chi connectivity index (χ3n) is 3.07. The normalized spacial score (nSPS) is 10.9. The van der Waals surface area contributed by atoms with Crippen LogP contribution in [0.15, 0.2) is 60.7 Å². The molecule has 0 saturated carbocycles. The first-order valence-corrected chi connectivity index (χ1v) is 8.35. The van der Waals surface area contributed by atoms with Crippen LogP contribution >= 0.6 is 7.36 Å². The van der Waals surface area contributed by atoms with Crippen LogP contribution in [0.2, 0.25) is 0 Å². The van der Waals surface area contributed by atoms with Crippen molar-refractivity contribution in [3.63, 3.8) is 0 Å². The topological polar surface area (TPSA) is 0 Å². The molecule has 0 aromatic heterocycles. The van der Waals surface area contributed by atoms with Crippen LogP contribution in [-0.2, 0) is 24.6 Å². The van der Waals surface area contributed by atoms with Gasteiger partial charge in [0.1, 0.15) is 0 Å². The minimum Gasteiger partial charge on any atom is -0.0622 e. The largest absolute Gasteiger partial charge is 0.0622 e. The molecule has 0 aliphatic carbocycles. The van der Waals surface area contributed by atoms with E-state index in [9.17, 15) is 0 Å². The summed E-state index contributed by atoms with van der Waals surface area (Å²) in [5, 5.41) is 0. The first kappa shape index (κ1) is 13.4. The number of hydrogen-bond acceptors (Lipinski definition) is 1. The third kappa shape index (κ3) is 4.33. The fraction of sp³-hybridized carbons (Fsp3) is 0.250. The van der Waals surface area contributed by atoms with Gasteiger partial charge in [0.15, 0.2) is 0 Å². The lowest BCUT2D eigenvalue weighted by molar-refractivity contribution is 0.587. The Balaban J connectivity index is 2.02. The Hall–Kier alpha value is -1.04. The molecule has 0 fully saturated rings. The fourth-order valence-corrected chi connectivity index (χ4v) is 3.30. The highest BCUT2D eigenvalue weighted by Gasteiger charge is 2.09. The van der Waals surface area contributed by atoms with Crippen molar-refractivity contribution in [2.24, 2.45) is 5.92 Å². The average molecular weight is 272 g/mol. The lowest BCUT2D eigenvalue weighted by atomic mass is 9.94. The van der Waals surface area contributed by atoms with Gasteiger partial charge < -0.3 is 0 Å². The average Bonchev–Trinajstić information content (AvgIpc) is 2.41. The van der Waals surface area contributed by atoms with Crippen LogP contribution in [0.4, 0.5) is 0 Å². The summed E-state index contributed by atoms with van der Waals surface area (Å²) in [5.41, 5.74) is 2.83.